The normalized spacial score (nSPS) is 25.2. The summed E-state index contributed by atoms with van der Waals surface area (Å²) in [6, 6.07) is 0.469. The van der Waals surface area contributed by atoms with E-state index in [-0.39, 0.29) is 12.4 Å². The third-order valence-electron chi connectivity index (χ3n) is 4.67. The summed E-state index contributed by atoms with van der Waals surface area (Å²) < 4.78 is 0. The second kappa shape index (κ2) is 8.80. The average molecular weight is 289 g/mol. The Morgan fingerprint density at radius 1 is 1.05 bits per heavy atom. The van der Waals surface area contributed by atoms with E-state index < -0.39 is 0 Å². The molecule has 1 saturated heterocycles. The van der Waals surface area contributed by atoms with Gasteiger partial charge in [0, 0.05) is 19.5 Å². The van der Waals surface area contributed by atoms with Crippen molar-refractivity contribution >= 4 is 18.3 Å². The molecule has 4 heteroatoms. The molecule has 1 aliphatic heterocycles. The number of hydrogen-bond donors (Lipinski definition) is 1. The van der Waals surface area contributed by atoms with Crippen LogP contribution in [0.25, 0.3) is 0 Å². The van der Waals surface area contributed by atoms with E-state index in [1.165, 1.54) is 44.9 Å². The van der Waals surface area contributed by atoms with Gasteiger partial charge in [-0.3, -0.25) is 4.79 Å². The topological polar surface area (TPSA) is 32.3 Å². The van der Waals surface area contributed by atoms with Crippen molar-refractivity contribution in [2.45, 2.75) is 63.8 Å². The highest BCUT2D eigenvalue weighted by Gasteiger charge is 2.24. The van der Waals surface area contributed by atoms with Gasteiger partial charge in [0.1, 0.15) is 0 Å². The Morgan fingerprint density at radius 3 is 2.53 bits per heavy atom. The summed E-state index contributed by atoms with van der Waals surface area (Å²) in [7, 11) is 2.02. The molecular formula is C15H29ClN2O. The van der Waals surface area contributed by atoms with Gasteiger partial charge in [0.15, 0.2) is 0 Å². The van der Waals surface area contributed by atoms with E-state index in [0.29, 0.717) is 17.9 Å². The van der Waals surface area contributed by atoms with Crippen LogP contribution in [0.15, 0.2) is 0 Å². The molecule has 3 nitrogen and oxygen atoms in total. The number of nitrogens with zero attached hydrogens (tertiary/aromatic N) is 1. The number of rotatable bonds is 3. The molecular weight excluding hydrogens is 260 g/mol. The van der Waals surface area contributed by atoms with Gasteiger partial charge in [0.05, 0.1) is 0 Å². The van der Waals surface area contributed by atoms with Crippen LogP contribution >= 0.6 is 12.4 Å². The fraction of sp³-hybridized carbons (Fsp3) is 0.933. The first-order chi connectivity index (χ1) is 8.77. The van der Waals surface area contributed by atoms with Crippen molar-refractivity contribution in [3.05, 3.63) is 0 Å². The fourth-order valence-electron chi connectivity index (χ4n) is 3.37. The van der Waals surface area contributed by atoms with Gasteiger partial charge in [-0.25, -0.2) is 0 Å². The molecule has 1 N–H and O–H groups in total. The van der Waals surface area contributed by atoms with Crippen molar-refractivity contribution in [1.82, 2.24) is 10.2 Å². The first kappa shape index (κ1) is 16.8. The zero-order chi connectivity index (χ0) is 12.8. The molecule has 2 aliphatic rings. The van der Waals surface area contributed by atoms with E-state index in [1.54, 1.807) is 0 Å². The molecule has 2 rings (SSSR count). The summed E-state index contributed by atoms with van der Waals surface area (Å²) in [5.74, 6) is 1.05. The molecule has 1 atom stereocenters. The second-order valence-corrected chi connectivity index (χ2v) is 6.05. The summed E-state index contributed by atoms with van der Waals surface area (Å²) in [4.78, 5) is 14.4. The van der Waals surface area contributed by atoms with E-state index >= 15 is 0 Å². The summed E-state index contributed by atoms with van der Waals surface area (Å²) >= 11 is 0. The van der Waals surface area contributed by atoms with Crippen LogP contribution < -0.4 is 5.32 Å². The van der Waals surface area contributed by atoms with Crippen molar-refractivity contribution in [1.29, 1.82) is 0 Å². The number of amides is 1. The van der Waals surface area contributed by atoms with Gasteiger partial charge in [-0.05, 0) is 51.1 Å². The number of hydrogen-bond acceptors (Lipinski definition) is 2. The summed E-state index contributed by atoms with van der Waals surface area (Å²) in [5, 5.41) is 3.41. The lowest BCUT2D eigenvalue weighted by Crippen LogP contribution is -2.38. The molecule has 1 amide bonds. The lowest BCUT2D eigenvalue weighted by atomic mass is 9.86. The monoisotopic (exact) mass is 288 g/mol. The van der Waals surface area contributed by atoms with E-state index in [1.807, 2.05) is 11.9 Å². The van der Waals surface area contributed by atoms with E-state index in [2.05, 4.69) is 5.32 Å². The van der Waals surface area contributed by atoms with Crippen molar-refractivity contribution in [3.8, 4) is 0 Å². The zero-order valence-corrected chi connectivity index (χ0v) is 13.0. The average Bonchev–Trinajstić information content (AvgIpc) is 2.68. The first-order valence-electron chi connectivity index (χ1n) is 7.74. The number of carbonyl (C=O) groups excluding carboxylic acids is 1. The molecule has 0 aromatic heterocycles. The minimum atomic E-state index is 0. The van der Waals surface area contributed by atoms with Gasteiger partial charge >= 0.3 is 0 Å². The largest absolute Gasteiger partial charge is 0.343 e. The molecule has 1 saturated carbocycles. The number of halogens is 1. The quantitative estimate of drug-likeness (QED) is 0.866. The SMILES string of the molecule is CN(C(=O)CC1CCCCC1)C1CCCNCC1.Cl. The number of carbonyl (C=O) groups is 1. The Bertz CT molecular complexity index is 259. The minimum absolute atomic E-state index is 0. The van der Waals surface area contributed by atoms with Crippen molar-refractivity contribution < 1.29 is 4.79 Å². The molecule has 112 valence electrons. The second-order valence-electron chi connectivity index (χ2n) is 6.05. The highest BCUT2D eigenvalue weighted by molar-refractivity contribution is 5.85. The molecule has 1 heterocycles. The van der Waals surface area contributed by atoms with Crippen molar-refractivity contribution in [2.75, 3.05) is 20.1 Å². The van der Waals surface area contributed by atoms with E-state index in [0.717, 1.165) is 25.9 Å². The lowest BCUT2D eigenvalue weighted by molar-refractivity contribution is -0.133. The highest BCUT2D eigenvalue weighted by atomic mass is 35.5. The van der Waals surface area contributed by atoms with E-state index in [9.17, 15) is 4.79 Å². The molecule has 0 bridgehead atoms. The summed E-state index contributed by atoms with van der Waals surface area (Å²) in [6.45, 7) is 2.17. The van der Waals surface area contributed by atoms with Crippen molar-refractivity contribution in [3.63, 3.8) is 0 Å². The Hall–Kier alpha value is -0.280. The van der Waals surface area contributed by atoms with Crippen LogP contribution in [0.2, 0.25) is 0 Å². The predicted octanol–water partition coefficient (Wildman–Crippen LogP) is 2.98. The Kier molecular flexibility index (Phi) is 7.77. The molecule has 19 heavy (non-hydrogen) atoms. The third kappa shape index (κ3) is 5.31. The standard InChI is InChI=1S/C15H28N2O.ClH/c1-17(14-8-5-10-16-11-9-14)15(18)12-13-6-3-2-4-7-13;/h13-14,16H,2-12H2,1H3;1H. The maximum atomic E-state index is 12.3. The molecule has 2 fully saturated rings. The Morgan fingerprint density at radius 2 is 1.79 bits per heavy atom. The Balaban J connectivity index is 0.00000180. The van der Waals surface area contributed by atoms with Crippen LogP contribution in [0.1, 0.15) is 57.8 Å². The molecule has 1 aliphatic carbocycles. The lowest BCUT2D eigenvalue weighted by Gasteiger charge is -2.29. The summed E-state index contributed by atoms with van der Waals surface area (Å²) in [6.07, 6.45) is 10.8. The van der Waals surface area contributed by atoms with Crippen LogP contribution in [0.4, 0.5) is 0 Å². The summed E-state index contributed by atoms with van der Waals surface area (Å²) in [5.41, 5.74) is 0. The van der Waals surface area contributed by atoms with Gasteiger partial charge in [-0.2, -0.15) is 0 Å². The molecule has 1 unspecified atom stereocenters. The maximum Gasteiger partial charge on any atom is 0.222 e. The van der Waals surface area contributed by atoms with Gasteiger partial charge in [0.25, 0.3) is 0 Å². The Labute approximate surface area is 123 Å². The molecule has 0 spiro atoms. The van der Waals surface area contributed by atoms with Gasteiger partial charge < -0.3 is 10.2 Å². The van der Waals surface area contributed by atoms with Crippen LogP contribution in [-0.2, 0) is 4.79 Å². The van der Waals surface area contributed by atoms with Crippen LogP contribution in [0, 0.1) is 5.92 Å². The van der Waals surface area contributed by atoms with Gasteiger partial charge in [-0.15, -0.1) is 12.4 Å². The van der Waals surface area contributed by atoms with Crippen molar-refractivity contribution in [2.24, 2.45) is 5.92 Å². The number of nitrogens with one attached hydrogen (secondary N) is 1. The molecule has 0 radical (unpaired) electrons. The minimum Gasteiger partial charge on any atom is -0.343 e. The fourth-order valence-corrected chi connectivity index (χ4v) is 3.37. The maximum absolute atomic E-state index is 12.3. The van der Waals surface area contributed by atoms with Gasteiger partial charge in [-0.1, -0.05) is 19.3 Å². The van der Waals surface area contributed by atoms with E-state index in [4.69, 9.17) is 0 Å². The van der Waals surface area contributed by atoms with Crippen LogP contribution in [0.5, 0.6) is 0 Å². The first-order valence-corrected chi connectivity index (χ1v) is 7.74. The predicted molar refractivity (Wildman–Crippen MR) is 81.7 cm³/mol. The molecule has 0 aromatic rings. The molecule has 0 aromatic carbocycles. The highest BCUT2D eigenvalue weighted by Crippen LogP contribution is 2.27. The van der Waals surface area contributed by atoms with Crippen LogP contribution in [0.3, 0.4) is 0 Å². The van der Waals surface area contributed by atoms with Crippen LogP contribution in [-0.4, -0.2) is 37.0 Å². The zero-order valence-electron chi connectivity index (χ0n) is 12.2. The smallest absolute Gasteiger partial charge is 0.222 e. The third-order valence-corrected chi connectivity index (χ3v) is 4.67. The van der Waals surface area contributed by atoms with Gasteiger partial charge in [0.2, 0.25) is 5.91 Å².